The molecule has 2 atom stereocenters. The Hall–Kier alpha value is -2.56. The quantitative estimate of drug-likeness (QED) is 0.917. The molecule has 136 valence electrons. The Balaban J connectivity index is 1.47. The van der Waals surface area contributed by atoms with Crippen molar-refractivity contribution in [3.05, 3.63) is 53.5 Å². The predicted molar refractivity (Wildman–Crippen MR) is 98.8 cm³/mol. The first-order chi connectivity index (χ1) is 12.7. The average molecular weight is 352 g/mol. The van der Waals surface area contributed by atoms with E-state index in [0.717, 1.165) is 48.3 Å². The molecule has 1 saturated heterocycles. The number of fused-ring (bicyclic) bond motifs is 1. The summed E-state index contributed by atoms with van der Waals surface area (Å²) in [6.07, 6.45) is 5.68. The molecule has 2 amide bonds. The molecule has 2 heterocycles. The second kappa shape index (κ2) is 6.98. The summed E-state index contributed by atoms with van der Waals surface area (Å²) in [4.78, 5) is 27.1. The molecule has 2 aromatic rings. The number of nitrogens with zero attached hydrogens (tertiary/aromatic N) is 1. The highest BCUT2D eigenvalue weighted by Gasteiger charge is 2.37. The van der Waals surface area contributed by atoms with E-state index in [1.165, 1.54) is 0 Å². The number of carbonyl (C=O) groups excluding carboxylic acids is 2. The lowest BCUT2D eigenvalue weighted by atomic mass is 9.93. The van der Waals surface area contributed by atoms with Crippen molar-refractivity contribution in [2.24, 2.45) is 5.92 Å². The monoisotopic (exact) mass is 352 g/mol. The Labute approximate surface area is 153 Å². The van der Waals surface area contributed by atoms with Crippen LogP contribution in [0, 0.1) is 5.92 Å². The van der Waals surface area contributed by atoms with Crippen molar-refractivity contribution in [1.82, 2.24) is 5.32 Å². The van der Waals surface area contributed by atoms with Crippen LogP contribution < -0.4 is 10.2 Å². The molecule has 2 unspecified atom stereocenters. The van der Waals surface area contributed by atoms with E-state index in [1.54, 1.807) is 11.2 Å². The molecule has 5 heteroatoms. The van der Waals surface area contributed by atoms with Crippen LogP contribution in [-0.2, 0) is 22.4 Å². The van der Waals surface area contributed by atoms with Crippen LogP contribution in [0.4, 0.5) is 5.69 Å². The summed E-state index contributed by atoms with van der Waals surface area (Å²) in [5, 5.41) is 3.15. The van der Waals surface area contributed by atoms with Crippen molar-refractivity contribution in [2.75, 3.05) is 11.4 Å². The van der Waals surface area contributed by atoms with Crippen LogP contribution in [0.2, 0.25) is 0 Å². The van der Waals surface area contributed by atoms with Gasteiger partial charge in [0, 0.05) is 30.6 Å². The molecule has 5 nitrogen and oxygen atoms in total. The van der Waals surface area contributed by atoms with Crippen LogP contribution in [0.5, 0.6) is 0 Å². The maximum atomic E-state index is 12.8. The van der Waals surface area contributed by atoms with Gasteiger partial charge in [0.2, 0.25) is 11.8 Å². The van der Waals surface area contributed by atoms with Crippen molar-refractivity contribution in [3.8, 4) is 0 Å². The lowest BCUT2D eigenvalue weighted by Crippen LogP contribution is -2.36. The van der Waals surface area contributed by atoms with Gasteiger partial charge in [0.1, 0.15) is 5.76 Å². The molecule has 1 aliphatic heterocycles. The number of benzene rings is 1. The van der Waals surface area contributed by atoms with Crippen LogP contribution in [0.3, 0.4) is 0 Å². The van der Waals surface area contributed by atoms with E-state index in [9.17, 15) is 9.59 Å². The maximum absolute atomic E-state index is 12.8. The Kier molecular flexibility index (Phi) is 4.53. The van der Waals surface area contributed by atoms with Gasteiger partial charge in [-0.05, 0) is 37.0 Å². The maximum Gasteiger partial charge on any atom is 0.227 e. The van der Waals surface area contributed by atoms with Crippen molar-refractivity contribution in [2.45, 2.75) is 45.1 Å². The molecule has 2 aliphatic rings. The minimum Gasteiger partial charge on any atom is -0.469 e. The zero-order valence-corrected chi connectivity index (χ0v) is 15.0. The smallest absolute Gasteiger partial charge is 0.227 e. The predicted octanol–water partition coefficient (Wildman–Crippen LogP) is 3.39. The van der Waals surface area contributed by atoms with Gasteiger partial charge in [0.25, 0.3) is 0 Å². The highest BCUT2D eigenvalue weighted by Crippen LogP contribution is 2.32. The van der Waals surface area contributed by atoms with Gasteiger partial charge in [-0.3, -0.25) is 9.59 Å². The number of aryl methyl sites for hydroxylation is 2. The van der Waals surface area contributed by atoms with E-state index in [-0.39, 0.29) is 30.2 Å². The third-order valence-electron chi connectivity index (χ3n) is 5.53. The van der Waals surface area contributed by atoms with Crippen LogP contribution in [0.1, 0.15) is 49.1 Å². The molecule has 0 spiro atoms. The first kappa shape index (κ1) is 16.9. The van der Waals surface area contributed by atoms with Gasteiger partial charge in [-0.1, -0.05) is 25.1 Å². The van der Waals surface area contributed by atoms with Gasteiger partial charge in [0.15, 0.2) is 0 Å². The molecule has 1 fully saturated rings. The summed E-state index contributed by atoms with van der Waals surface area (Å²) in [7, 11) is 0. The molecular formula is C21H24N2O3. The fraction of sp³-hybridized carbons (Fsp3) is 0.429. The molecule has 4 rings (SSSR count). The summed E-state index contributed by atoms with van der Waals surface area (Å²) >= 11 is 0. The number of hydrogen-bond donors (Lipinski definition) is 1. The van der Waals surface area contributed by atoms with Gasteiger partial charge < -0.3 is 14.6 Å². The van der Waals surface area contributed by atoms with E-state index in [4.69, 9.17) is 4.42 Å². The third kappa shape index (κ3) is 3.02. The van der Waals surface area contributed by atoms with Gasteiger partial charge in [-0.15, -0.1) is 0 Å². The number of hydrogen-bond acceptors (Lipinski definition) is 3. The largest absolute Gasteiger partial charge is 0.469 e. The number of para-hydroxylation sites is 1. The highest BCUT2D eigenvalue weighted by atomic mass is 16.3. The fourth-order valence-electron chi connectivity index (χ4n) is 4.12. The van der Waals surface area contributed by atoms with E-state index >= 15 is 0 Å². The summed E-state index contributed by atoms with van der Waals surface area (Å²) in [6, 6.07) is 9.88. The van der Waals surface area contributed by atoms with Crippen LogP contribution in [-0.4, -0.2) is 18.4 Å². The molecular weight excluding hydrogens is 328 g/mol. The van der Waals surface area contributed by atoms with Gasteiger partial charge in [-0.25, -0.2) is 0 Å². The van der Waals surface area contributed by atoms with Crippen LogP contribution in [0.15, 0.2) is 41.0 Å². The van der Waals surface area contributed by atoms with Gasteiger partial charge >= 0.3 is 0 Å². The van der Waals surface area contributed by atoms with Gasteiger partial charge in [0.05, 0.1) is 18.2 Å². The molecule has 26 heavy (non-hydrogen) atoms. The Morgan fingerprint density at radius 3 is 3.00 bits per heavy atom. The summed E-state index contributed by atoms with van der Waals surface area (Å²) in [5.74, 6) is 0.666. The number of carbonyl (C=O) groups is 2. The summed E-state index contributed by atoms with van der Waals surface area (Å²) in [6.45, 7) is 2.53. The molecule has 0 radical (unpaired) electrons. The van der Waals surface area contributed by atoms with E-state index in [1.807, 2.05) is 30.3 Å². The lowest BCUT2D eigenvalue weighted by molar-refractivity contribution is -0.127. The molecule has 1 aromatic carbocycles. The standard InChI is InChI=1S/C21H24N2O3/c1-2-14-6-3-4-8-18(14)23-13-15(12-20(23)24)21(25)22-17-7-5-9-19-16(17)10-11-26-19/h3-4,6,8,10-11,15,17H,2,5,7,9,12-13H2,1H3,(H,22,25). The Morgan fingerprint density at radius 1 is 1.31 bits per heavy atom. The Morgan fingerprint density at radius 2 is 2.15 bits per heavy atom. The third-order valence-corrected chi connectivity index (χ3v) is 5.53. The minimum atomic E-state index is -0.301. The van der Waals surface area contributed by atoms with E-state index < -0.39 is 0 Å². The van der Waals surface area contributed by atoms with Crippen molar-refractivity contribution < 1.29 is 14.0 Å². The molecule has 0 bridgehead atoms. The van der Waals surface area contributed by atoms with Crippen molar-refractivity contribution in [1.29, 1.82) is 0 Å². The summed E-state index contributed by atoms with van der Waals surface area (Å²) in [5.41, 5.74) is 3.16. The zero-order valence-electron chi connectivity index (χ0n) is 15.0. The Bertz CT molecular complexity index is 826. The number of anilines is 1. The lowest BCUT2D eigenvalue weighted by Gasteiger charge is -2.24. The van der Waals surface area contributed by atoms with E-state index in [2.05, 4.69) is 12.2 Å². The molecule has 1 aliphatic carbocycles. The zero-order chi connectivity index (χ0) is 18.1. The second-order valence-corrected chi connectivity index (χ2v) is 7.14. The first-order valence-electron chi connectivity index (χ1n) is 9.42. The second-order valence-electron chi connectivity index (χ2n) is 7.14. The average Bonchev–Trinajstić information content (AvgIpc) is 3.29. The summed E-state index contributed by atoms with van der Waals surface area (Å²) < 4.78 is 5.50. The molecule has 1 N–H and O–H groups in total. The molecule has 1 aromatic heterocycles. The SMILES string of the molecule is CCc1ccccc1N1CC(C(=O)NC2CCCc3occc32)CC1=O. The van der Waals surface area contributed by atoms with Crippen molar-refractivity contribution in [3.63, 3.8) is 0 Å². The van der Waals surface area contributed by atoms with Gasteiger partial charge in [-0.2, -0.15) is 0 Å². The highest BCUT2D eigenvalue weighted by molar-refractivity contribution is 6.00. The van der Waals surface area contributed by atoms with Crippen molar-refractivity contribution >= 4 is 17.5 Å². The number of furan rings is 1. The normalized spacial score (nSPS) is 22.3. The molecule has 0 saturated carbocycles. The topological polar surface area (TPSA) is 62.6 Å². The first-order valence-corrected chi connectivity index (χ1v) is 9.42. The minimum absolute atomic E-state index is 0.00270. The van der Waals surface area contributed by atoms with E-state index in [0.29, 0.717) is 6.54 Å². The number of nitrogens with one attached hydrogen (secondary N) is 1. The van der Waals surface area contributed by atoms with Crippen LogP contribution >= 0.6 is 0 Å². The fourth-order valence-corrected chi connectivity index (χ4v) is 4.12. The number of rotatable bonds is 4. The number of amides is 2. The van der Waals surface area contributed by atoms with Crippen LogP contribution in [0.25, 0.3) is 0 Å².